The van der Waals surface area contributed by atoms with Crippen LogP contribution in [0.25, 0.3) is 22.1 Å². The molecule has 0 radical (unpaired) electrons. The Bertz CT molecular complexity index is 978. The van der Waals surface area contributed by atoms with Crippen LogP contribution in [0.15, 0.2) is 12.3 Å². The van der Waals surface area contributed by atoms with Crippen LogP contribution < -0.4 is 10.2 Å². The molecule has 8 heteroatoms. The van der Waals surface area contributed by atoms with Crippen molar-refractivity contribution < 1.29 is 4.79 Å². The molecule has 128 valence electrons. The molecule has 0 bridgehead atoms. The molecule has 25 heavy (non-hydrogen) atoms. The molecule has 0 spiro atoms. The minimum Gasteiger partial charge on any atom is -0.355 e. The van der Waals surface area contributed by atoms with Gasteiger partial charge in [-0.15, -0.1) is 10.2 Å². The van der Waals surface area contributed by atoms with E-state index < -0.39 is 0 Å². The Morgan fingerprint density at radius 3 is 3.04 bits per heavy atom. The van der Waals surface area contributed by atoms with E-state index in [0.717, 1.165) is 48.2 Å². The first kappa shape index (κ1) is 14.6. The van der Waals surface area contributed by atoms with Gasteiger partial charge in [-0.1, -0.05) is 0 Å². The Labute approximate surface area is 144 Å². The summed E-state index contributed by atoms with van der Waals surface area (Å²) in [6.45, 7) is 3.40. The summed E-state index contributed by atoms with van der Waals surface area (Å²) >= 11 is 0. The highest BCUT2D eigenvalue weighted by molar-refractivity contribution is 6.07. The molecule has 2 N–H and O–H groups in total. The lowest BCUT2D eigenvalue weighted by Gasteiger charge is -2.20. The second-order valence-electron chi connectivity index (χ2n) is 6.97. The lowest BCUT2D eigenvalue weighted by molar-refractivity contribution is -0.124. The molecule has 8 nitrogen and oxygen atoms in total. The Balaban J connectivity index is 1.53. The summed E-state index contributed by atoms with van der Waals surface area (Å²) in [4.78, 5) is 26.7. The molecule has 4 heterocycles. The lowest BCUT2D eigenvalue weighted by Crippen LogP contribution is -2.34. The molecule has 1 amide bonds. The smallest absolute Gasteiger partial charge is 0.225 e. The van der Waals surface area contributed by atoms with Crippen molar-refractivity contribution in [2.45, 2.75) is 32.2 Å². The third kappa shape index (κ3) is 2.48. The van der Waals surface area contributed by atoms with Crippen LogP contribution in [-0.2, 0) is 4.79 Å². The number of carbonyl (C=O) groups excluding carboxylic acids is 1. The van der Waals surface area contributed by atoms with E-state index in [1.807, 2.05) is 13.0 Å². The minimum atomic E-state index is 0.0185. The van der Waals surface area contributed by atoms with Gasteiger partial charge in [0.2, 0.25) is 5.91 Å². The first-order valence-electron chi connectivity index (χ1n) is 8.72. The van der Waals surface area contributed by atoms with E-state index >= 15 is 0 Å². The molecule has 1 unspecified atom stereocenters. The monoisotopic (exact) mass is 337 g/mol. The molecule has 2 fully saturated rings. The van der Waals surface area contributed by atoms with Gasteiger partial charge in [-0.2, -0.15) is 0 Å². The van der Waals surface area contributed by atoms with Gasteiger partial charge in [0.05, 0.1) is 11.3 Å². The molecule has 5 rings (SSSR count). The Morgan fingerprint density at radius 1 is 1.32 bits per heavy atom. The van der Waals surface area contributed by atoms with Gasteiger partial charge < -0.3 is 15.2 Å². The summed E-state index contributed by atoms with van der Waals surface area (Å²) in [5.41, 5.74) is 1.32. The number of fused-ring (bicyclic) bond motifs is 3. The van der Waals surface area contributed by atoms with Gasteiger partial charge in [-0.3, -0.25) is 4.79 Å². The maximum atomic E-state index is 12.4. The summed E-state index contributed by atoms with van der Waals surface area (Å²) < 4.78 is 0. The van der Waals surface area contributed by atoms with Gasteiger partial charge in [-0.05, 0) is 32.3 Å². The molecule has 1 atom stereocenters. The van der Waals surface area contributed by atoms with Gasteiger partial charge in [0.1, 0.15) is 11.6 Å². The van der Waals surface area contributed by atoms with Gasteiger partial charge in [0.25, 0.3) is 0 Å². The number of H-pyrrole nitrogens is 1. The topological polar surface area (TPSA) is 99.7 Å². The second-order valence-corrected chi connectivity index (χ2v) is 6.97. The third-order valence-electron chi connectivity index (χ3n) is 5.01. The second kappa shape index (κ2) is 5.37. The van der Waals surface area contributed by atoms with E-state index in [1.54, 1.807) is 6.20 Å². The fourth-order valence-electron chi connectivity index (χ4n) is 3.55. The van der Waals surface area contributed by atoms with Crippen LogP contribution in [0.3, 0.4) is 0 Å². The fraction of sp³-hybridized carbons (Fsp3) is 0.471. The molecule has 3 aromatic heterocycles. The Hall–Kier alpha value is -2.77. The number of nitrogens with one attached hydrogen (secondary N) is 2. The van der Waals surface area contributed by atoms with Crippen LogP contribution in [0.2, 0.25) is 0 Å². The van der Waals surface area contributed by atoms with Crippen molar-refractivity contribution in [3.63, 3.8) is 0 Å². The van der Waals surface area contributed by atoms with Crippen LogP contribution in [0, 0.1) is 12.8 Å². The summed E-state index contributed by atoms with van der Waals surface area (Å²) in [5.74, 6) is 1.83. The van der Waals surface area contributed by atoms with Crippen molar-refractivity contribution in [2.24, 2.45) is 5.92 Å². The highest BCUT2D eigenvalue weighted by atomic mass is 16.2. The summed E-state index contributed by atoms with van der Waals surface area (Å²) in [5, 5.41) is 13.4. The molecule has 3 aromatic rings. The number of aryl methyl sites for hydroxylation is 1. The molecular formula is C17H19N7O. The Kier molecular flexibility index (Phi) is 3.13. The number of anilines is 1. The number of rotatable bonds is 3. The minimum absolute atomic E-state index is 0.0185. The van der Waals surface area contributed by atoms with Crippen molar-refractivity contribution in [2.75, 3.05) is 18.0 Å². The standard InChI is InChI=1S/C17H19N7O/c1-9-19-15-13(12-4-6-18-14(12)22-23-15)16(20-9)24-7-5-10(8-24)17(25)21-11-2-3-11/h4,6,10-11H,2-3,5,7-8H2,1H3,(H,21,25)(H,19,20,23). The van der Waals surface area contributed by atoms with Crippen molar-refractivity contribution in [3.8, 4) is 0 Å². The van der Waals surface area contributed by atoms with E-state index in [9.17, 15) is 4.79 Å². The quantitative estimate of drug-likeness (QED) is 0.747. The number of hydrogen-bond donors (Lipinski definition) is 2. The molecule has 1 aliphatic carbocycles. The van der Waals surface area contributed by atoms with E-state index in [2.05, 4.69) is 30.4 Å². The molecule has 2 aliphatic rings. The summed E-state index contributed by atoms with van der Waals surface area (Å²) in [6, 6.07) is 2.34. The molecule has 1 saturated heterocycles. The summed E-state index contributed by atoms with van der Waals surface area (Å²) in [7, 11) is 0. The van der Waals surface area contributed by atoms with Gasteiger partial charge in [0.15, 0.2) is 11.3 Å². The number of amides is 1. The first-order valence-corrected chi connectivity index (χ1v) is 8.72. The number of hydrogen-bond acceptors (Lipinski definition) is 6. The molecule has 0 aromatic carbocycles. The fourth-order valence-corrected chi connectivity index (χ4v) is 3.55. The predicted molar refractivity (Wildman–Crippen MR) is 93.2 cm³/mol. The third-order valence-corrected chi connectivity index (χ3v) is 5.01. The van der Waals surface area contributed by atoms with Gasteiger partial charge >= 0.3 is 0 Å². The molecular weight excluding hydrogens is 318 g/mol. The zero-order valence-corrected chi connectivity index (χ0v) is 14.0. The number of aromatic amines is 1. The van der Waals surface area contributed by atoms with Gasteiger partial charge in [-0.25, -0.2) is 9.97 Å². The van der Waals surface area contributed by atoms with E-state index in [4.69, 9.17) is 4.98 Å². The van der Waals surface area contributed by atoms with Crippen LogP contribution in [0.1, 0.15) is 25.1 Å². The number of nitrogens with zero attached hydrogens (tertiary/aromatic N) is 5. The zero-order valence-electron chi connectivity index (χ0n) is 14.0. The summed E-state index contributed by atoms with van der Waals surface area (Å²) in [6.07, 6.45) is 4.81. The number of carbonyl (C=O) groups is 1. The average molecular weight is 337 g/mol. The van der Waals surface area contributed by atoms with Crippen LogP contribution in [0.4, 0.5) is 5.82 Å². The highest BCUT2D eigenvalue weighted by Gasteiger charge is 2.33. The highest BCUT2D eigenvalue weighted by Crippen LogP contribution is 2.32. The first-order chi connectivity index (χ1) is 12.2. The average Bonchev–Trinajstić information content (AvgIpc) is 3.11. The zero-order chi connectivity index (χ0) is 17.0. The lowest BCUT2D eigenvalue weighted by atomic mass is 10.1. The Morgan fingerprint density at radius 2 is 2.20 bits per heavy atom. The van der Waals surface area contributed by atoms with Crippen LogP contribution >= 0.6 is 0 Å². The van der Waals surface area contributed by atoms with Gasteiger partial charge in [0, 0.05) is 30.7 Å². The van der Waals surface area contributed by atoms with E-state index in [-0.39, 0.29) is 11.8 Å². The van der Waals surface area contributed by atoms with Crippen molar-refractivity contribution in [1.82, 2.24) is 30.5 Å². The predicted octanol–water partition coefficient (Wildman–Crippen LogP) is 1.31. The largest absolute Gasteiger partial charge is 0.355 e. The van der Waals surface area contributed by atoms with E-state index in [0.29, 0.717) is 23.9 Å². The van der Waals surface area contributed by atoms with E-state index in [1.165, 1.54) is 0 Å². The normalized spacial score (nSPS) is 20.5. The SMILES string of the molecule is Cc1nc(N2CCC(C(=O)NC3CC3)C2)c2c(nnc3nccc32)[nH]1. The maximum Gasteiger partial charge on any atom is 0.225 e. The maximum absolute atomic E-state index is 12.4. The molecule has 1 aliphatic heterocycles. The van der Waals surface area contributed by atoms with Crippen LogP contribution in [0.5, 0.6) is 0 Å². The van der Waals surface area contributed by atoms with Crippen molar-refractivity contribution >= 4 is 33.8 Å². The van der Waals surface area contributed by atoms with Crippen LogP contribution in [-0.4, -0.2) is 50.2 Å². The van der Waals surface area contributed by atoms with Crippen molar-refractivity contribution in [1.29, 1.82) is 0 Å². The molecule has 1 saturated carbocycles. The number of aromatic nitrogens is 5. The van der Waals surface area contributed by atoms with Crippen molar-refractivity contribution in [3.05, 3.63) is 18.1 Å².